The molecule has 19 heavy (non-hydrogen) atoms. The maximum atomic E-state index is 10.8. The van der Waals surface area contributed by atoms with E-state index in [2.05, 4.69) is 9.97 Å². The Balaban J connectivity index is 1.92. The van der Waals surface area contributed by atoms with E-state index < -0.39 is 5.97 Å². The van der Waals surface area contributed by atoms with E-state index in [0.29, 0.717) is 0 Å². The largest absolute Gasteiger partial charge is 0.478 e. The molecule has 3 aromatic rings. The predicted octanol–water partition coefficient (Wildman–Crippen LogP) is 3.63. The number of aromatic nitrogens is 2. The monoisotopic (exact) mass is 288 g/mol. The Kier molecular flexibility index (Phi) is 3.10. The van der Waals surface area contributed by atoms with Gasteiger partial charge in [-0.3, -0.25) is 0 Å². The van der Waals surface area contributed by atoms with E-state index in [1.807, 2.05) is 10.8 Å². The molecule has 0 spiro atoms. The minimum Gasteiger partial charge on any atom is -0.478 e. The van der Waals surface area contributed by atoms with Gasteiger partial charge in [0.2, 0.25) is 0 Å². The second-order valence-electron chi connectivity index (χ2n) is 3.76. The van der Waals surface area contributed by atoms with Gasteiger partial charge in [-0.15, -0.1) is 22.7 Å². The van der Waals surface area contributed by atoms with Crippen molar-refractivity contribution in [1.82, 2.24) is 9.97 Å². The number of carbonyl (C=O) groups is 1. The lowest BCUT2D eigenvalue weighted by molar-refractivity contribution is 0.0697. The van der Waals surface area contributed by atoms with Gasteiger partial charge in [0, 0.05) is 22.5 Å². The highest BCUT2D eigenvalue weighted by atomic mass is 32.1. The highest BCUT2D eigenvalue weighted by molar-refractivity contribution is 7.15. The van der Waals surface area contributed by atoms with Crippen molar-refractivity contribution in [3.8, 4) is 21.3 Å². The number of carboxylic acids is 1. The fourth-order valence-electron chi connectivity index (χ4n) is 1.61. The molecule has 0 unspecified atom stereocenters. The molecule has 0 saturated heterocycles. The average Bonchev–Trinajstić information content (AvgIpc) is 3.10. The molecule has 94 valence electrons. The van der Waals surface area contributed by atoms with Crippen LogP contribution in [0, 0.1) is 0 Å². The first-order valence-corrected chi connectivity index (χ1v) is 7.19. The number of hydrogen-bond acceptors (Lipinski definition) is 5. The van der Waals surface area contributed by atoms with Crippen LogP contribution in [0.4, 0.5) is 0 Å². The quantitative estimate of drug-likeness (QED) is 0.799. The summed E-state index contributed by atoms with van der Waals surface area (Å²) >= 11 is 3.07. The van der Waals surface area contributed by atoms with Crippen LogP contribution in [-0.4, -0.2) is 21.0 Å². The molecule has 0 amide bonds. The fraction of sp³-hybridized carbons (Fsp3) is 0. The third-order valence-corrected chi connectivity index (χ3v) is 4.22. The molecule has 2 aromatic heterocycles. The summed E-state index contributed by atoms with van der Waals surface area (Å²) < 4.78 is 0. The Morgan fingerprint density at radius 3 is 2.53 bits per heavy atom. The first kappa shape index (κ1) is 12.0. The molecule has 0 bridgehead atoms. The summed E-state index contributed by atoms with van der Waals surface area (Å²) in [6.45, 7) is 0. The van der Waals surface area contributed by atoms with Crippen molar-refractivity contribution in [2.24, 2.45) is 0 Å². The summed E-state index contributed by atoms with van der Waals surface area (Å²) in [6.07, 6.45) is 1.75. The van der Waals surface area contributed by atoms with Crippen LogP contribution in [0.15, 0.2) is 41.2 Å². The molecule has 0 atom stereocenters. The van der Waals surface area contributed by atoms with Crippen molar-refractivity contribution < 1.29 is 9.90 Å². The Morgan fingerprint density at radius 1 is 1.11 bits per heavy atom. The van der Waals surface area contributed by atoms with Crippen LogP contribution in [0.2, 0.25) is 0 Å². The molecule has 0 saturated carbocycles. The van der Waals surface area contributed by atoms with Gasteiger partial charge >= 0.3 is 5.97 Å². The number of thiazole rings is 2. The van der Waals surface area contributed by atoms with Crippen LogP contribution < -0.4 is 0 Å². The molecule has 3 rings (SSSR count). The number of hydrogen-bond donors (Lipinski definition) is 1. The Labute approximate surface area is 117 Å². The lowest BCUT2D eigenvalue weighted by atomic mass is 10.1. The van der Waals surface area contributed by atoms with Gasteiger partial charge in [0.15, 0.2) is 0 Å². The van der Waals surface area contributed by atoms with Crippen molar-refractivity contribution in [2.75, 3.05) is 0 Å². The summed E-state index contributed by atoms with van der Waals surface area (Å²) in [5.74, 6) is -0.922. The van der Waals surface area contributed by atoms with Gasteiger partial charge in [0.25, 0.3) is 0 Å². The number of rotatable bonds is 3. The molecule has 1 aromatic carbocycles. The van der Waals surface area contributed by atoms with E-state index in [1.165, 1.54) is 11.3 Å². The maximum absolute atomic E-state index is 10.8. The van der Waals surface area contributed by atoms with Crippen LogP contribution in [0.1, 0.15) is 10.4 Å². The second-order valence-corrected chi connectivity index (χ2v) is 5.51. The number of benzene rings is 1. The summed E-state index contributed by atoms with van der Waals surface area (Å²) in [6, 6.07) is 6.71. The highest BCUT2D eigenvalue weighted by Crippen LogP contribution is 2.29. The lowest BCUT2D eigenvalue weighted by Gasteiger charge is -1.97. The standard InChI is InChI=1S/C13H8N2O2S2/c16-13(17)9-3-1-8(2-4-9)11-15-10(7-19-11)12-14-5-6-18-12/h1-7H,(H,16,17). The summed E-state index contributed by atoms with van der Waals surface area (Å²) in [4.78, 5) is 19.5. The highest BCUT2D eigenvalue weighted by Gasteiger charge is 2.09. The minimum absolute atomic E-state index is 0.278. The first-order valence-electron chi connectivity index (χ1n) is 5.43. The van der Waals surface area contributed by atoms with Crippen molar-refractivity contribution in [1.29, 1.82) is 0 Å². The van der Waals surface area contributed by atoms with E-state index in [-0.39, 0.29) is 5.56 Å². The van der Waals surface area contributed by atoms with E-state index in [9.17, 15) is 4.79 Å². The van der Waals surface area contributed by atoms with Gasteiger partial charge in [-0.2, -0.15) is 0 Å². The number of aromatic carboxylic acids is 1. The summed E-state index contributed by atoms with van der Waals surface area (Å²) in [7, 11) is 0. The van der Waals surface area contributed by atoms with Crippen LogP contribution in [-0.2, 0) is 0 Å². The molecule has 0 radical (unpaired) electrons. The Bertz CT molecular complexity index is 703. The van der Waals surface area contributed by atoms with Crippen molar-refractivity contribution in [3.63, 3.8) is 0 Å². The molecule has 2 heterocycles. The first-order chi connectivity index (χ1) is 9.24. The van der Waals surface area contributed by atoms with Gasteiger partial charge in [0.05, 0.1) is 5.56 Å². The number of carboxylic acid groups (broad SMARTS) is 1. The Hall–Kier alpha value is -2.05. The molecular weight excluding hydrogens is 280 g/mol. The topological polar surface area (TPSA) is 63.1 Å². The van der Waals surface area contributed by atoms with Gasteiger partial charge in [-0.25, -0.2) is 14.8 Å². The van der Waals surface area contributed by atoms with E-state index >= 15 is 0 Å². The van der Waals surface area contributed by atoms with Crippen LogP contribution in [0.5, 0.6) is 0 Å². The van der Waals surface area contributed by atoms with E-state index in [4.69, 9.17) is 5.11 Å². The van der Waals surface area contributed by atoms with Gasteiger partial charge in [0.1, 0.15) is 15.7 Å². The van der Waals surface area contributed by atoms with Crippen molar-refractivity contribution >= 4 is 28.6 Å². The fourth-order valence-corrected chi connectivity index (χ4v) is 3.09. The molecule has 0 fully saturated rings. The zero-order valence-electron chi connectivity index (χ0n) is 9.61. The normalized spacial score (nSPS) is 10.5. The maximum Gasteiger partial charge on any atom is 0.335 e. The Morgan fingerprint density at radius 2 is 1.89 bits per heavy atom. The van der Waals surface area contributed by atoms with Crippen LogP contribution in [0.25, 0.3) is 21.3 Å². The zero-order valence-corrected chi connectivity index (χ0v) is 11.2. The van der Waals surface area contributed by atoms with Crippen molar-refractivity contribution in [3.05, 3.63) is 46.8 Å². The zero-order chi connectivity index (χ0) is 13.2. The number of nitrogens with zero attached hydrogens (tertiary/aromatic N) is 2. The summed E-state index contributed by atoms with van der Waals surface area (Å²) in [5, 5.41) is 14.5. The van der Waals surface area contributed by atoms with E-state index in [1.54, 1.807) is 41.8 Å². The van der Waals surface area contributed by atoms with Gasteiger partial charge in [-0.1, -0.05) is 12.1 Å². The van der Waals surface area contributed by atoms with E-state index in [0.717, 1.165) is 21.3 Å². The van der Waals surface area contributed by atoms with Crippen LogP contribution >= 0.6 is 22.7 Å². The van der Waals surface area contributed by atoms with Gasteiger partial charge in [-0.05, 0) is 12.1 Å². The second kappa shape index (κ2) is 4.91. The third kappa shape index (κ3) is 2.40. The predicted molar refractivity (Wildman–Crippen MR) is 75.6 cm³/mol. The molecular formula is C13H8N2O2S2. The summed E-state index contributed by atoms with van der Waals surface area (Å²) in [5.41, 5.74) is 2.05. The lowest BCUT2D eigenvalue weighted by Crippen LogP contribution is -1.94. The smallest absolute Gasteiger partial charge is 0.335 e. The molecule has 4 nitrogen and oxygen atoms in total. The minimum atomic E-state index is -0.922. The van der Waals surface area contributed by atoms with Gasteiger partial charge < -0.3 is 5.11 Å². The molecule has 6 heteroatoms. The molecule has 0 aliphatic heterocycles. The molecule has 0 aliphatic rings. The molecule has 0 aliphatic carbocycles. The SMILES string of the molecule is O=C(O)c1ccc(-c2nc(-c3nccs3)cs2)cc1. The molecule has 1 N–H and O–H groups in total. The third-order valence-electron chi connectivity index (χ3n) is 2.53. The van der Waals surface area contributed by atoms with Crippen molar-refractivity contribution in [2.45, 2.75) is 0 Å². The van der Waals surface area contributed by atoms with Crippen LogP contribution in [0.3, 0.4) is 0 Å². The average molecular weight is 288 g/mol.